The van der Waals surface area contributed by atoms with E-state index in [-0.39, 0.29) is 10.6 Å². The van der Waals surface area contributed by atoms with Crippen molar-refractivity contribution in [3.63, 3.8) is 0 Å². The molecule has 1 heterocycles. The molecule has 7 heteroatoms. The molecule has 2 aromatic rings. The normalized spacial score (nSPS) is 14.4. The van der Waals surface area contributed by atoms with Gasteiger partial charge in [-0.2, -0.15) is 0 Å². The number of anilines is 1. The minimum absolute atomic E-state index is 0.142. The minimum atomic E-state index is -0.537. The van der Waals surface area contributed by atoms with Crippen LogP contribution in [0.5, 0.6) is 0 Å². The van der Waals surface area contributed by atoms with Gasteiger partial charge in [-0.1, -0.05) is 30.5 Å². The van der Waals surface area contributed by atoms with Crippen LogP contribution in [0.25, 0.3) is 6.08 Å². The van der Waals surface area contributed by atoms with E-state index in [1.807, 2.05) is 0 Å². The Kier molecular flexibility index (Phi) is 6.29. The second kappa shape index (κ2) is 8.67. The number of primary amides is 1. The highest BCUT2D eigenvalue weighted by Crippen LogP contribution is 2.36. The smallest absolute Gasteiger partial charge is 0.251 e. The van der Waals surface area contributed by atoms with Crippen molar-refractivity contribution >= 4 is 45.8 Å². The fraction of sp³-hybridized carbons (Fsp3) is 0.300. The summed E-state index contributed by atoms with van der Waals surface area (Å²) >= 11 is 7.36. The largest absolute Gasteiger partial charge is 0.365 e. The van der Waals surface area contributed by atoms with Crippen LogP contribution in [-0.4, -0.2) is 11.8 Å². The Labute approximate surface area is 166 Å². The van der Waals surface area contributed by atoms with Crippen molar-refractivity contribution in [3.05, 3.63) is 56.7 Å². The van der Waals surface area contributed by atoms with Crippen LogP contribution < -0.4 is 11.1 Å². The molecule has 0 atom stereocenters. The zero-order valence-electron chi connectivity index (χ0n) is 14.7. The van der Waals surface area contributed by atoms with Crippen molar-refractivity contribution in [2.24, 2.45) is 5.73 Å². The number of carbonyl (C=O) groups is 2. The monoisotopic (exact) mass is 406 g/mol. The summed E-state index contributed by atoms with van der Waals surface area (Å²) in [7, 11) is 0. The van der Waals surface area contributed by atoms with Gasteiger partial charge in [0.2, 0.25) is 5.91 Å². The third-order valence-corrected chi connectivity index (χ3v) is 6.09. The summed E-state index contributed by atoms with van der Waals surface area (Å²) in [4.78, 5) is 25.4. The number of nitrogens with two attached hydrogens (primary N) is 1. The predicted molar refractivity (Wildman–Crippen MR) is 108 cm³/mol. The molecule has 0 saturated carbocycles. The zero-order chi connectivity index (χ0) is 19.4. The van der Waals surface area contributed by atoms with Gasteiger partial charge in [0, 0.05) is 16.5 Å². The first kappa shape index (κ1) is 19.6. The number of aryl methyl sites for hydroxylation is 1. The van der Waals surface area contributed by atoms with Crippen molar-refractivity contribution in [3.8, 4) is 0 Å². The first-order chi connectivity index (χ1) is 13.0. The van der Waals surface area contributed by atoms with Crippen molar-refractivity contribution in [1.82, 2.24) is 0 Å². The first-order valence-electron chi connectivity index (χ1n) is 8.84. The Morgan fingerprint density at radius 2 is 1.93 bits per heavy atom. The molecule has 1 aliphatic carbocycles. The van der Waals surface area contributed by atoms with Gasteiger partial charge in [0.25, 0.3) is 5.91 Å². The Bertz CT molecular complexity index is 887. The molecule has 4 nitrogen and oxygen atoms in total. The molecule has 3 rings (SSSR count). The summed E-state index contributed by atoms with van der Waals surface area (Å²) in [6.07, 6.45) is 8.55. The number of benzene rings is 1. The van der Waals surface area contributed by atoms with Crippen LogP contribution in [-0.2, 0) is 17.6 Å². The number of carbonyl (C=O) groups excluding carboxylic acids is 2. The molecule has 3 N–H and O–H groups in total. The maximum Gasteiger partial charge on any atom is 0.251 e. The third-order valence-electron chi connectivity index (χ3n) is 4.56. The van der Waals surface area contributed by atoms with Crippen LogP contribution >= 0.6 is 22.9 Å². The molecule has 142 valence electrons. The maximum absolute atomic E-state index is 13.8. The number of amides is 2. The van der Waals surface area contributed by atoms with Crippen molar-refractivity contribution < 1.29 is 14.0 Å². The molecule has 1 aromatic heterocycles. The molecular formula is C20H20ClFN2O2S. The van der Waals surface area contributed by atoms with Gasteiger partial charge in [0.1, 0.15) is 10.8 Å². The van der Waals surface area contributed by atoms with Crippen LogP contribution in [0.4, 0.5) is 9.39 Å². The highest BCUT2D eigenvalue weighted by Gasteiger charge is 2.23. The van der Waals surface area contributed by atoms with Gasteiger partial charge in [-0.05, 0) is 49.5 Å². The fourth-order valence-corrected chi connectivity index (χ4v) is 4.77. The molecular weight excluding hydrogens is 387 g/mol. The quantitative estimate of drug-likeness (QED) is 0.705. The average molecular weight is 407 g/mol. The number of rotatable bonds is 4. The van der Waals surface area contributed by atoms with E-state index >= 15 is 0 Å². The van der Waals surface area contributed by atoms with E-state index in [9.17, 15) is 14.0 Å². The van der Waals surface area contributed by atoms with E-state index in [1.54, 1.807) is 6.07 Å². The van der Waals surface area contributed by atoms with E-state index < -0.39 is 17.6 Å². The lowest BCUT2D eigenvalue weighted by molar-refractivity contribution is -0.111. The van der Waals surface area contributed by atoms with Gasteiger partial charge in [-0.25, -0.2) is 4.39 Å². The molecule has 0 radical (unpaired) electrons. The van der Waals surface area contributed by atoms with Crippen LogP contribution in [0.15, 0.2) is 24.3 Å². The first-order valence-corrected chi connectivity index (χ1v) is 10.0. The van der Waals surface area contributed by atoms with Gasteiger partial charge in [-0.3, -0.25) is 9.59 Å². The van der Waals surface area contributed by atoms with Gasteiger partial charge in [0.15, 0.2) is 0 Å². The lowest BCUT2D eigenvalue weighted by Gasteiger charge is -2.10. The minimum Gasteiger partial charge on any atom is -0.365 e. The Morgan fingerprint density at radius 1 is 1.19 bits per heavy atom. The number of nitrogens with one attached hydrogen (secondary N) is 1. The summed E-state index contributed by atoms with van der Waals surface area (Å²) in [5.41, 5.74) is 7.09. The summed E-state index contributed by atoms with van der Waals surface area (Å²) in [5.74, 6) is -1.51. The SMILES string of the molecule is NC(=O)c1c(NC(=O)C=Cc2c(F)cccc2Cl)sc2c1CCCCCC2. The highest BCUT2D eigenvalue weighted by atomic mass is 35.5. The second-order valence-corrected chi connectivity index (χ2v) is 7.96. The standard InChI is InChI=1S/C20H20ClFN2O2S/c21-14-7-5-8-15(22)12(14)10-11-17(25)24-20-18(19(23)26)13-6-3-1-2-4-9-16(13)27-20/h5,7-8,10-11H,1-4,6,9H2,(H2,23,26)(H,24,25). The number of hydrogen-bond donors (Lipinski definition) is 2. The molecule has 0 bridgehead atoms. The molecule has 0 saturated heterocycles. The third kappa shape index (κ3) is 4.57. The van der Waals surface area contributed by atoms with Gasteiger partial charge in [-0.15, -0.1) is 11.3 Å². The molecule has 27 heavy (non-hydrogen) atoms. The second-order valence-electron chi connectivity index (χ2n) is 6.44. The van der Waals surface area contributed by atoms with E-state index in [0.717, 1.165) is 49.0 Å². The number of thiophene rings is 1. The number of fused-ring (bicyclic) bond motifs is 1. The van der Waals surface area contributed by atoms with Crippen molar-refractivity contribution in [1.29, 1.82) is 0 Å². The predicted octanol–water partition coefficient (Wildman–Crippen LogP) is 4.95. The van der Waals surface area contributed by atoms with Crippen LogP contribution in [0, 0.1) is 5.82 Å². The number of hydrogen-bond acceptors (Lipinski definition) is 3. The van der Waals surface area contributed by atoms with Gasteiger partial charge < -0.3 is 11.1 Å². The Morgan fingerprint density at radius 3 is 2.63 bits per heavy atom. The molecule has 0 aliphatic heterocycles. The van der Waals surface area contributed by atoms with Crippen molar-refractivity contribution in [2.75, 3.05) is 5.32 Å². The summed E-state index contributed by atoms with van der Waals surface area (Å²) in [6, 6.07) is 4.32. The summed E-state index contributed by atoms with van der Waals surface area (Å²) in [6.45, 7) is 0. The maximum atomic E-state index is 13.8. The van der Waals surface area contributed by atoms with E-state index in [0.29, 0.717) is 10.6 Å². The summed E-state index contributed by atoms with van der Waals surface area (Å²) in [5, 5.41) is 3.41. The lowest BCUT2D eigenvalue weighted by Crippen LogP contribution is -2.17. The Hall–Kier alpha value is -2.18. The van der Waals surface area contributed by atoms with E-state index in [4.69, 9.17) is 17.3 Å². The molecule has 0 fully saturated rings. The van der Waals surface area contributed by atoms with E-state index in [2.05, 4.69) is 5.32 Å². The molecule has 2 amide bonds. The molecule has 0 unspecified atom stereocenters. The topological polar surface area (TPSA) is 72.2 Å². The lowest BCUT2D eigenvalue weighted by atomic mass is 9.96. The van der Waals surface area contributed by atoms with Crippen LogP contribution in [0.3, 0.4) is 0 Å². The van der Waals surface area contributed by atoms with E-state index in [1.165, 1.54) is 35.6 Å². The summed E-state index contributed by atoms with van der Waals surface area (Å²) < 4.78 is 13.8. The van der Waals surface area contributed by atoms with Crippen molar-refractivity contribution in [2.45, 2.75) is 38.5 Å². The molecule has 0 spiro atoms. The molecule has 1 aliphatic rings. The van der Waals surface area contributed by atoms with Gasteiger partial charge >= 0.3 is 0 Å². The number of halogens is 2. The van der Waals surface area contributed by atoms with Gasteiger partial charge in [0.05, 0.1) is 10.6 Å². The van der Waals surface area contributed by atoms with Crippen LogP contribution in [0.1, 0.15) is 52.0 Å². The molecule has 1 aromatic carbocycles. The Balaban J connectivity index is 1.84. The average Bonchev–Trinajstić information content (AvgIpc) is 2.91. The fourth-order valence-electron chi connectivity index (χ4n) is 3.25. The van der Waals surface area contributed by atoms with Crippen LogP contribution in [0.2, 0.25) is 5.02 Å². The zero-order valence-corrected chi connectivity index (χ0v) is 16.3. The highest BCUT2D eigenvalue weighted by molar-refractivity contribution is 7.17.